The Kier molecular flexibility index (Phi) is 7.22. The average molecular weight is 353 g/mol. The van der Waals surface area contributed by atoms with E-state index in [0.717, 1.165) is 0 Å². The zero-order valence-corrected chi connectivity index (χ0v) is 17.1. The molecule has 0 aromatic carbocycles. The van der Waals surface area contributed by atoms with Gasteiger partial charge in [0.05, 0.1) is 6.61 Å². The molecular formula is C14H32O6Si2. The number of rotatable bonds is 7. The fourth-order valence-electron chi connectivity index (χ4n) is 2.45. The van der Waals surface area contributed by atoms with Crippen molar-refractivity contribution in [3.8, 4) is 0 Å². The summed E-state index contributed by atoms with van der Waals surface area (Å²) in [6, 6.07) is 0. The first-order valence-corrected chi connectivity index (χ1v) is 14.5. The van der Waals surface area contributed by atoms with Crippen LogP contribution < -0.4 is 0 Å². The highest BCUT2D eigenvalue weighted by atomic mass is 28.4. The maximum absolute atomic E-state index is 10.3. The third-order valence-corrected chi connectivity index (χ3v) is 5.34. The number of hydrogen-bond acceptors (Lipinski definition) is 6. The van der Waals surface area contributed by atoms with E-state index in [-0.39, 0.29) is 12.2 Å². The molecule has 5 unspecified atom stereocenters. The van der Waals surface area contributed by atoms with E-state index in [1.165, 1.54) is 0 Å². The summed E-state index contributed by atoms with van der Waals surface area (Å²) in [6.07, 6.45) is -2.71. The first kappa shape index (κ1) is 20.2. The van der Waals surface area contributed by atoms with Gasteiger partial charge in [-0.3, -0.25) is 0 Å². The minimum Gasteiger partial charge on any atom is -0.415 e. The molecule has 0 aliphatic carbocycles. The number of aliphatic hydroxyl groups is 1. The molecule has 0 spiro atoms. The van der Waals surface area contributed by atoms with Crippen LogP contribution in [0.15, 0.2) is 0 Å². The number of hydrogen-bond donors (Lipinski definition) is 1. The highest BCUT2D eigenvalue weighted by molar-refractivity contribution is 6.70. The van der Waals surface area contributed by atoms with Crippen LogP contribution in [0.4, 0.5) is 0 Å². The Balaban J connectivity index is 2.86. The third kappa shape index (κ3) is 6.01. The Bertz CT molecular complexity index is 341. The van der Waals surface area contributed by atoms with Crippen LogP contribution in [0.25, 0.3) is 0 Å². The van der Waals surface area contributed by atoms with Crippen molar-refractivity contribution in [1.29, 1.82) is 0 Å². The van der Waals surface area contributed by atoms with Crippen LogP contribution in [-0.4, -0.2) is 73.3 Å². The van der Waals surface area contributed by atoms with E-state index < -0.39 is 35.1 Å². The van der Waals surface area contributed by atoms with Crippen molar-refractivity contribution < 1.29 is 28.2 Å². The summed E-state index contributed by atoms with van der Waals surface area (Å²) in [5.74, 6) is 0. The molecule has 22 heavy (non-hydrogen) atoms. The van der Waals surface area contributed by atoms with Crippen LogP contribution >= 0.6 is 0 Å². The molecular weight excluding hydrogens is 320 g/mol. The summed E-state index contributed by atoms with van der Waals surface area (Å²) in [5, 5.41) is 10.3. The fraction of sp³-hybridized carbons (Fsp3) is 1.00. The van der Waals surface area contributed by atoms with Gasteiger partial charge in [0.1, 0.15) is 24.4 Å². The lowest BCUT2D eigenvalue weighted by atomic mass is 9.99. The van der Waals surface area contributed by atoms with Crippen LogP contribution in [0, 0.1) is 0 Å². The molecule has 0 radical (unpaired) electrons. The predicted molar refractivity (Wildman–Crippen MR) is 90.0 cm³/mol. The topological polar surface area (TPSA) is 66.4 Å². The highest BCUT2D eigenvalue weighted by Crippen LogP contribution is 2.29. The molecule has 1 aliphatic rings. The van der Waals surface area contributed by atoms with Gasteiger partial charge in [0.15, 0.2) is 22.9 Å². The minimum absolute atomic E-state index is 0.342. The molecule has 1 saturated heterocycles. The summed E-state index contributed by atoms with van der Waals surface area (Å²) in [6.45, 7) is 12.9. The van der Waals surface area contributed by atoms with E-state index in [1.807, 2.05) is 0 Å². The SMILES string of the molecule is COC1C(CO[Si](C)(C)C)OC(O)C(O[Si](C)(C)C)C1OC. The molecule has 1 rings (SSSR count). The molecule has 8 heteroatoms. The maximum Gasteiger partial charge on any atom is 0.184 e. The summed E-state index contributed by atoms with van der Waals surface area (Å²) in [5.41, 5.74) is 0. The molecule has 1 fully saturated rings. The smallest absolute Gasteiger partial charge is 0.184 e. The van der Waals surface area contributed by atoms with Crippen molar-refractivity contribution in [2.45, 2.75) is 70.0 Å². The van der Waals surface area contributed by atoms with Gasteiger partial charge in [-0.25, -0.2) is 0 Å². The molecule has 0 aromatic rings. The average Bonchev–Trinajstić information content (AvgIpc) is 2.36. The number of ether oxygens (including phenoxy) is 3. The first-order chi connectivity index (χ1) is 9.98. The van der Waals surface area contributed by atoms with E-state index in [4.69, 9.17) is 23.1 Å². The minimum atomic E-state index is -1.86. The summed E-state index contributed by atoms with van der Waals surface area (Å²) >= 11 is 0. The van der Waals surface area contributed by atoms with Crippen molar-refractivity contribution in [1.82, 2.24) is 0 Å². The number of methoxy groups -OCH3 is 2. The van der Waals surface area contributed by atoms with Gasteiger partial charge in [0.25, 0.3) is 0 Å². The quantitative estimate of drug-likeness (QED) is 0.705. The molecule has 6 nitrogen and oxygen atoms in total. The van der Waals surface area contributed by atoms with Gasteiger partial charge in [0.2, 0.25) is 0 Å². The third-order valence-electron chi connectivity index (χ3n) is 3.32. The molecule has 1 aliphatic heterocycles. The number of aliphatic hydroxyl groups excluding tert-OH is 1. The predicted octanol–water partition coefficient (Wildman–Crippen LogP) is 1.81. The zero-order valence-electron chi connectivity index (χ0n) is 15.1. The Morgan fingerprint density at radius 2 is 1.41 bits per heavy atom. The van der Waals surface area contributed by atoms with Crippen molar-refractivity contribution in [2.24, 2.45) is 0 Å². The standard InChI is InChI=1S/C14H32O6Si2/c1-16-11-10(9-18-21(3,4)5)19-14(15)13(12(11)17-2)20-22(6,7)8/h10-15H,9H2,1-8H3. The Labute approximate surface area is 136 Å². The maximum atomic E-state index is 10.3. The van der Waals surface area contributed by atoms with E-state index in [0.29, 0.717) is 6.61 Å². The Morgan fingerprint density at radius 1 is 0.864 bits per heavy atom. The largest absolute Gasteiger partial charge is 0.415 e. The second-order valence-corrected chi connectivity index (χ2v) is 16.6. The van der Waals surface area contributed by atoms with Gasteiger partial charge >= 0.3 is 0 Å². The van der Waals surface area contributed by atoms with Gasteiger partial charge < -0.3 is 28.2 Å². The second-order valence-electron chi connectivity index (χ2n) is 7.58. The molecule has 1 heterocycles. The fourth-order valence-corrected chi connectivity index (χ4v) is 4.18. The summed E-state index contributed by atoms with van der Waals surface area (Å²) < 4.78 is 28.8. The van der Waals surface area contributed by atoms with Crippen molar-refractivity contribution in [3.63, 3.8) is 0 Å². The van der Waals surface area contributed by atoms with E-state index in [2.05, 4.69) is 39.3 Å². The lowest BCUT2D eigenvalue weighted by Crippen LogP contribution is -2.62. The monoisotopic (exact) mass is 352 g/mol. The van der Waals surface area contributed by atoms with Crippen LogP contribution in [-0.2, 0) is 23.1 Å². The van der Waals surface area contributed by atoms with E-state index in [1.54, 1.807) is 14.2 Å². The molecule has 0 saturated carbocycles. The van der Waals surface area contributed by atoms with Gasteiger partial charge in [0, 0.05) is 14.2 Å². The van der Waals surface area contributed by atoms with Crippen LogP contribution in [0.3, 0.4) is 0 Å². The molecule has 0 bridgehead atoms. The first-order valence-electron chi connectivity index (χ1n) is 7.69. The van der Waals surface area contributed by atoms with Crippen LogP contribution in [0.1, 0.15) is 0 Å². The van der Waals surface area contributed by atoms with Crippen molar-refractivity contribution in [2.75, 3.05) is 20.8 Å². The van der Waals surface area contributed by atoms with Gasteiger partial charge in [-0.1, -0.05) is 0 Å². The lowest BCUT2D eigenvalue weighted by molar-refractivity contribution is -0.289. The van der Waals surface area contributed by atoms with Crippen molar-refractivity contribution in [3.05, 3.63) is 0 Å². The van der Waals surface area contributed by atoms with Crippen LogP contribution in [0.2, 0.25) is 39.3 Å². The van der Waals surface area contributed by atoms with Crippen molar-refractivity contribution >= 4 is 16.6 Å². The van der Waals surface area contributed by atoms with Gasteiger partial charge in [-0.15, -0.1) is 0 Å². The molecule has 132 valence electrons. The molecule has 5 atom stereocenters. The van der Waals surface area contributed by atoms with E-state index in [9.17, 15) is 5.11 Å². The summed E-state index contributed by atoms with van der Waals surface area (Å²) in [7, 11) is -0.314. The zero-order chi connectivity index (χ0) is 17.1. The van der Waals surface area contributed by atoms with E-state index >= 15 is 0 Å². The summed E-state index contributed by atoms with van der Waals surface area (Å²) in [4.78, 5) is 0. The normalized spacial score (nSPS) is 34.0. The molecule has 0 amide bonds. The molecule has 0 aromatic heterocycles. The van der Waals surface area contributed by atoms with Gasteiger partial charge in [-0.2, -0.15) is 0 Å². The Hall–Kier alpha value is 0.194. The highest BCUT2D eigenvalue weighted by Gasteiger charge is 2.48. The Morgan fingerprint density at radius 3 is 1.82 bits per heavy atom. The van der Waals surface area contributed by atoms with Gasteiger partial charge in [-0.05, 0) is 39.3 Å². The lowest BCUT2D eigenvalue weighted by Gasteiger charge is -2.45. The second kappa shape index (κ2) is 7.84. The van der Waals surface area contributed by atoms with Crippen LogP contribution in [0.5, 0.6) is 0 Å². The molecule has 1 N–H and O–H groups in total.